The van der Waals surface area contributed by atoms with Crippen LogP contribution in [0.15, 0.2) is 24.3 Å². The van der Waals surface area contributed by atoms with Crippen molar-refractivity contribution in [1.82, 2.24) is 5.32 Å². The lowest BCUT2D eigenvalue weighted by Crippen LogP contribution is -2.26. The molecular weight excluding hydrogens is 246 g/mol. The van der Waals surface area contributed by atoms with Crippen LogP contribution in [0.4, 0.5) is 0 Å². The predicted molar refractivity (Wildman–Crippen MR) is 87.4 cm³/mol. The summed E-state index contributed by atoms with van der Waals surface area (Å²) >= 11 is 0. The molecule has 1 aromatic carbocycles. The first-order valence-electron chi connectivity index (χ1n) is 7.84. The van der Waals surface area contributed by atoms with Crippen molar-refractivity contribution in [1.29, 1.82) is 0 Å². The summed E-state index contributed by atoms with van der Waals surface area (Å²) in [5, 5.41) is 3.55. The van der Waals surface area contributed by atoms with Gasteiger partial charge in [-0.25, -0.2) is 0 Å². The highest BCUT2D eigenvalue weighted by Gasteiger charge is 2.16. The first-order valence-corrected chi connectivity index (χ1v) is 7.84. The van der Waals surface area contributed by atoms with Gasteiger partial charge in [0.1, 0.15) is 0 Å². The molecule has 0 aliphatic rings. The molecule has 1 N–H and O–H groups in total. The molecule has 0 heterocycles. The molecule has 2 nitrogen and oxygen atoms in total. The molecule has 1 unspecified atom stereocenters. The Kier molecular flexibility index (Phi) is 7.25. The second kappa shape index (κ2) is 8.43. The number of nitrogens with one attached hydrogen (secondary N) is 1. The standard InChI is InChI=1S/C18H31NO/c1-6-12-19-14-16(11-13-20-18(3,4)5)17-10-8-7-9-15(17)2/h7-10,16,19H,6,11-14H2,1-5H3. The van der Waals surface area contributed by atoms with E-state index < -0.39 is 0 Å². The minimum atomic E-state index is -0.0485. The first-order chi connectivity index (χ1) is 9.44. The van der Waals surface area contributed by atoms with Crippen molar-refractivity contribution in [2.75, 3.05) is 19.7 Å². The van der Waals surface area contributed by atoms with E-state index in [9.17, 15) is 0 Å². The van der Waals surface area contributed by atoms with Gasteiger partial charge in [-0.05, 0) is 64.1 Å². The maximum absolute atomic E-state index is 5.90. The van der Waals surface area contributed by atoms with E-state index >= 15 is 0 Å². The summed E-state index contributed by atoms with van der Waals surface area (Å²) in [5.41, 5.74) is 2.79. The molecule has 0 aliphatic carbocycles. The van der Waals surface area contributed by atoms with Crippen molar-refractivity contribution in [2.45, 2.75) is 59.0 Å². The Morgan fingerprint density at radius 1 is 1.20 bits per heavy atom. The van der Waals surface area contributed by atoms with E-state index in [4.69, 9.17) is 4.74 Å². The molecule has 1 atom stereocenters. The Labute approximate surface area is 124 Å². The minimum absolute atomic E-state index is 0.0485. The molecular formula is C18H31NO. The Balaban J connectivity index is 2.63. The summed E-state index contributed by atoms with van der Waals surface area (Å²) in [6.45, 7) is 13.7. The van der Waals surface area contributed by atoms with E-state index in [1.165, 1.54) is 17.5 Å². The Morgan fingerprint density at radius 3 is 2.50 bits per heavy atom. The van der Waals surface area contributed by atoms with Crippen LogP contribution in [0.3, 0.4) is 0 Å². The van der Waals surface area contributed by atoms with E-state index in [1.807, 2.05) is 0 Å². The van der Waals surface area contributed by atoms with Gasteiger partial charge in [0, 0.05) is 13.2 Å². The van der Waals surface area contributed by atoms with Crippen LogP contribution in [-0.2, 0) is 4.74 Å². The minimum Gasteiger partial charge on any atom is -0.376 e. The Hall–Kier alpha value is -0.860. The lowest BCUT2D eigenvalue weighted by molar-refractivity contribution is -0.00624. The number of benzene rings is 1. The second-order valence-electron chi connectivity index (χ2n) is 6.51. The summed E-state index contributed by atoms with van der Waals surface area (Å²) in [5.74, 6) is 0.532. The van der Waals surface area contributed by atoms with Crippen molar-refractivity contribution in [3.8, 4) is 0 Å². The molecule has 0 saturated carbocycles. The molecule has 114 valence electrons. The summed E-state index contributed by atoms with van der Waals surface area (Å²) in [6.07, 6.45) is 2.25. The van der Waals surface area contributed by atoms with E-state index in [1.54, 1.807) is 0 Å². The highest BCUT2D eigenvalue weighted by molar-refractivity contribution is 5.29. The SMILES string of the molecule is CCCNCC(CCOC(C)(C)C)c1ccccc1C. The van der Waals surface area contributed by atoms with Crippen molar-refractivity contribution in [3.63, 3.8) is 0 Å². The number of hydrogen-bond donors (Lipinski definition) is 1. The van der Waals surface area contributed by atoms with Crippen LogP contribution >= 0.6 is 0 Å². The fourth-order valence-electron chi connectivity index (χ4n) is 2.37. The summed E-state index contributed by atoms with van der Waals surface area (Å²) in [6, 6.07) is 8.71. The molecule has 0 aliphatic heterocycles. The van der Waals surface area contributed by atoms with Crippen LogP contribution in [0.5, 0.6) is 0 Å². The van der Waals surface area contributed by atoms with Crippen LogP contribution in [0.1, 0.15) is 57.6 Å². The van der Waals surface area contributed by atoms with Crippen molar-refractivity contribution >= 4 is 0 Å². The number of aryl methyl sites for hydroxylation is 1. The molecule has 0 radical (unpaired) electrons. The summed E-state index contributed by atoms with van der Waals surface area (Å²) < 4.78 is 5.90. The van der Waals surface area contributed by atoms with Gasteiger partial charge >= 0.3 is 0 Å². The van der Waals surface area contributed by atoms with Gasteiger partial charge < -0.3 is 10.1 Å². The highest BCUT2D eigenvalue weighted by Crippen LogP contribution is 2.23. The van der Waals surface area contributed by atoms with Gasteiger partial charge in [0.2, 0.25) is 0 Å². The quantitative estimate of drug-likeness (QED) is 0.716. The van der Waals surface area contributed by atoms with Crippen molar-refractivity contribution in [3.05, 3.63) is 35.4 Å². The molecule has 2 heteroatoms. The fraction of sp³-hybridized carbons (Fsp3) is 0.667. The largest absolute Gasteiger partial charge is 0.376 e. The normalized spacial score (nSPS) is 13.4. The predicted octanol–water partition coefficient (Wildman–Crippen LogP) is 4.28. The van der Waals surface area contributed by atoms with E-state index in [-0.39, 0.29) is 5.60 Å². The highest BCUT2D eigenvalue weighted by atomic mass is 16.5. The van der Waals surface area contributed by atoms with Crippen LogP contribution in [0, 0.1) is 6.92 Å². The Bertz CT molecular complexity index is 381. The lowest BCUT2D eigenvalue weighted by atomic mass is 9.92. The average Bonchev–Trinajstić information content (AvgIpc) is 2.37. The average molecular weight is 277 g/mol. The van der Waals surface area contributed by atoms with Crippen molar-refractivity contribution in [2.24, 2.45) is 0 Å². The topological polar surface area (TPSA) is 21.3 Å². The lowest BCUT2D eigenvalue weighted by Gasteiger charge is -2.24. The van der Waals surface area contributed by atoms with E-state index in [0.29, 0.717) is 5.92 Å². The number of rotatable bonds is 8. The molecule has 20 heavy (non-hydrogen) atoms. The zero-order valence-electron chi connectivity index (χ0n) is 13.8. The monoisotopic (exact) mass is 277 g/mol. The van der Waals surface area contributed by atoms with Gasteiger partial charge in [0.15, 0.2) is 0 Å². The third-order valence-electron chi connectivity index (χ3n) is 3.45. The van der Waals surface area contributed by atoms with Gasteiger partial charge in [-0.3, -0.25) is 0 Å². The number of ether oxygens (including phenoxy) is 1. The Morgan fingerprint density at radius 2 is 1.90 bits per heavy atom. The maximum atomic E-state index is 5.90. The smallest absolute Gasteiger partial charge is 0.0598 e. The molecule has 0 aromatic heterocycles. The van der Waals surface area contributed by atoms with E-state index in [0.717, 1.165) is 26.1 Å². The van der Waals surface area contributed by atoms with Crippen molar-refractivity contribution < 1.29 is 4.74 Å². The zero-order valence-corrected chi connectivity index (χ0v) is 13.8. The van der Waals surface area contributed by atoms with Gasteiger partial charge in [0.05, 0.1) is 5.60 Å². The van der Waals surface area contributed by atoms with Gasteiger partial charge in [-0.2, -0.15) is 0 Å². The first kappa shape index (κ1) is 17.2. The fourth-order valence-corrected chi connectivity index (χ4v) is 2.37. The summed E-state index contributed by atoms with van der Waals surface area (Å²) in [4.78, 5) is 0. The summed E-state index contributed by atoms with van der Waals surface area (Å²) in [7, 11) is 0. The van der Waals surface area contributed by atoms with Gasteiger partial charge in [-0.15, -0.1) is 0 Å². The molecule has 1 rings (SSSR count). The van der Waals surface area contributed by atoms with Crippen LogP contribution in [-0.4, -0.2) is 25.3 Å². The molecule has 0 amide bonds. The molecule has 0 saturated heterocycles. The second-order valence-corrected chi connectivity index (χ2v) is 6.51. The van der Waals surface area contributed by atoms with Crippen LogP contribution in [0.25, 0.3) is 0 Å². The maximum Gasteiger partial charge on any atom is 0.0598 e. The van der Waals surface area contributed by atoms with Gasteiger partial charge in [-0.1, -0.05) is 31.2 Å². The number of hydrogen-bond acceptors (Lipinski definition) is 2. The van der Waals surface area contributed by atoms with E-state index in [2.05, 4.69) is 64.2 Å². The van der Waals surface area contributed by atoms with Crippen LogP contribution in [0.2, 0.25) is 0 Å². The molecule has 1 aromatic rings. The van der Waals surface area contributed by atoms with Gasteiger partial charge in [0.25, 0.3) is 0 Å². The third-order valence-corrected chi connectivity index (χ3v) is 3.45. The molecule has 0 bridgehead atoms. The van der Waals surface area contributed by atoms with Crippen LogP contribution < -0.4 is 5.32 Å². The third kappa shape index (κ3) is 6.53. The zero-order chi connectivity index (χ0) is 15.0. The molecule has 0 spiro atoms. The molecule has 0 fully saturated rings.